The number of nitrogens with zero attached hydrogens (tertiary/aromatic N) is 6. The number of hydrogen-bond acceptors (Lipinski definition) is 12. The molecule has 1 aromatic carbocycles. The van der Waals surface area contributed by atoms with Gasteiger partial charge in [0.15, 0.2) is 18.4 Å². The fourth-order valence-corrected chi connectivity index (χ4v) is 4.77. The topological polar surface area (TPSA) is 162 Å². The van der Waals surface area contributed by atoms with Gasteiger partial charge in [-0.15, -0.1) is 5.10 Å². The maximum atomic E-state index is 13.5. The predicted octanol–water partition coefficient (Wildman–Crippen LogP) is 2.73. The molecule has 2 aromatic heterocycles. The van der Waals surface area contributed by atoms with Gasteiger partial charge in [0.05, 0.1) is 17.8 Å². The third kappa shape index (κ3) is 6.53. The number of rotatable bonds is 8. The van der Waals surface area contributed by atoms with E-state index in [1.807, 2.05) is 4.90 Å². The van der Waals surface area contributed by atoms with Gasteiger partial charge < -0.3 is 25.1 Å². The highest BCUT2D eigenvalue weighted by Crippen LogP contribution is 2.29. The highest BCUT2D eigenvalue weighted by Gasteiger charge is 2.29. The second-order valence-corrected chi connectivity index (χ2v) is 11.3. The van der Waals surface area contributed by atoms with Crippen molar-refractivity contribution in [3.8, 4) is 11.6 Å². The quantitative estimate of drug-likeness (QED) is 0.158. The lowest BCUT2D eigenvalue weighted by Gasteiger charge is -2.21. The molecule has 1 aliphatic heterocycles. The first-order valence-corrected chi connectivity index (χ1v) is 13.3. The minimum atomic E-state index is -0.838. The number of nitrogens with two attached hydrogens (primary N) is 2. The molecule has 0 bridgehead atoms. The first-order chi connectivity index (χ1) is 19.5. The van der Waals surface area contributed by atoms with Crippen molar-refractivity contribution in [2.45, 2.75) is 46.1 Å². The molecule has 1 saturated heterocycles. The number of hydrazine groups is 1. The van der Waals surface area contributed by atoms with E-state index in [9.17, 15) is 13.6 Å². The largest absolute Gasteiger partial charge is 0.442 e. The zero-order valence-corrected chi connectivity index (χ0v) is 23.1. The molecule has 3 heterocycles. The number of halogens is 2. The summed E-state index contributed by atoms with van der Waals surface area (Å²) in [6.45, 7) is 6.39. The zero-order chi connectivity index (χ0) is 29.3. The molecule has 14 heteroatoms. The summed E-state index contributed by atoms with van der Waals surface area (Å²) >= 11 is 0. The molecule has 1 atom stereocenters. The Bertz CT molecular complexity index is 1410. The third-order valence-electron chi connectivity index (χ3n) is 7.01. The molecule has 218 valence electrons. The van der Waals surface area contributed by atoms with Crippen molar-refractivity contribution in [2.75, 3.05) is 30.0 Å². The van der Waals surface area contributed by atoms with E-state index >= 15 is 0 Å². The molecule has 2 aliphatic rings. The van der Waals surface area contributed by atoms with Gasteiger partial charge in [0.1, 0.15) is 11.5 Å². The lowest BCUT2D eigenvalue weighted by atomic mass is 9.98. The van der Waals surface area contributed by atoms with Crippen LogP contribution < -0.4 is 21.8 Å². The monoisotopic (exact) mass is 569 g/mol. The number of benzene rings is 1. The van der Waals surface area contributed by atoms with Crippen molar-refractivity contribution in [3.05, 3.63) is 59.2 Å². The van der Waals surface area contributed by atoms with Crippen LogP contribution in [-0.2, 0) is 22.4 Å². The van der Waals surface area contributed by atoms with Crippen LogP contribution in [0.5, 0.6) is 0 Å². The van der Waals surface area contributed by atoms with E-state index in [0.717, 1.165) is 17.5 Å². The van der Waals surface area contributed by atoms with Crippen LogP contribution in [0.2, 0.25) is 0 Å². The summed E-state index contributed by atoms with van der Waals surface area (Å²) in [4.78, 5) is 22.6. The minimum Gasteiger partial charge on any atom is -0.442 e. The van der Waals surface area contributed by atoms with Crippen LogP contribution in [-0.4, -0.2) is 57.0 Å². The van der Waals surface area contributed by atoms with E-state index in [2.05, 4.69) is 25.5 Å². The van der Waals surface area contributed by atoms with E-state index in [-0.39, 0.29) is 30.6 Å². The summed E-state index contributed by atoms with van der Waals surface area (Å²) in [5, 5.41) is 12.8. The Balaban J connectivity index is 1.14. The van der Waals surface area contributed by atoms with E-state index in [1.165, 1.54) is 23.3 Å². The maximum absolute atomic E-state index is 13.5. The Morgan fingerprint density at radius 3 is 2.54 bits per heavy atom. The van der Waals surface area contributed by atoms with Crippen molar-refractivity contribution in [1.29, 1.82) is 0 Å². The summed E-state index contributed by atoms with van der Waals surface area (Å²) in [5.41, 5.74) is 8.18. The average Bonchev–Trinajstić information content (AvgIpc) is 3.67. The van der Waals surface area contributed by atoms with Crippen LogP contribution in [0.1, 0.15) is 38.3 Å². The minimum absolute atomic E-state index is 0.00502. The van der Waals surface area contributed by atoms with Crippen LogP contribution in [0, 0.1) is 23.0 Å². The molecule has 41 heavy (non-hydrogen) atoms. The fourth-order valence-electron chi connectivity index (χ4n) is 4.77. The molecule has 0 saturated carbocycles. The number of fused-ring (bicyclic) bond motifs is 1. The van der Waals surface area contributed by atoms with Gasteiger partial charge in [-0.2, -0.15) is 0 Å². The molecular weight excluding hydrogens is 536 g/mol. The molecular formula is C27H33F2N9O3. The Morgan fingerprint density at radius 2 is 1.90 bits per heavy atom. The summed E-state index contributed by atoms with van der Waals surface area (Å²) in [6.07, 6.45) is 6.52. The van der Waals surface area contributed by atoms with Crippen molar-refractivity contribution in [2.24, 2.45) is 22.9 Å². The smallest absolute Gasteiger partial charge is 0.318 e. The van der Waals surface area contributed by atoms with Gasteiger partial charge in [-0.1, -0.05) is 5.10 Å². The van der Waals surface area contributed by atoms with Crippen LogP contribution in [0.3, 0.4) is 0 Å². The van der Waals surface area contributed by atoms with Gasteiger partial charge in [-0.3, -0.25) is 9.80 Å². The number of ether oxygens (including phenoxy) is 1. The lowest BCUT2D eigenvalue weighted by Crippen LogP contribution is -2.34. The molecule has 1 fully saturated rings. The zero-order valence-electron chi connectivity index (χ0n) is 23.1. The van der Waals surface area contributed by atoms with Gasteiger partial charge in [0.25, 0.3) is 5.89 Å². The maximum Gasteiger partial charge on any atom is 0.318 e. The Kier molecular flexibility index (Phi) is 7.76. The average molecular weight is 570 g/mol. The Labute approximate surface area is 235 Å². The molecule has 0 spiro atoms. The van der Waals surface area contributed by atoms with E-state index in [4.69, 9.17) is 20.7 Å². The van der Waals surface area contributed by atoms with Crippen LogP contribution in [0.25, 0.3) is 11.6 Å². The van der Waals surface area contributed by atoms with E-state index in [0.29, 0.717) is 49.2 Å². The Morgan fingerprint density at radius 1 is 1.20 bits per heavy atom. The lowest BCUT2D eigenvalue weighted by molar-refractivity contribution is -0.156. The summed E-state index contributed by atoms with van der Waals surface area (Å²) in [7, 11) is 0. The standard InChI is InChI=1S/C27H33F2N9O3/c1-27(2,3)25(39)40-14-38(31)13-21(30)15-4-5-37(12-15)26-36-35-24(41-26)22-10-33-23(11-32-22)34-18-6-16-8-19(28)20(29)9-17(16)7-18/h8-11,13,15,18H,4-7,12,14,30-31H2,1-3H3,(H,33,34)/b21-13-. The number of anilines is 2. The first kappa shape index (κ1) is 28.2. The summed E-state index contributed by atoms with van der Waals surface area (Å²) in [5.74, 6) is 4.65. The van der Waals surface area contributed by atoms with Gasteiger partial charge in [-0.25, -0.2) is 24.6 Å². The van der Waals surface area contributed by atoms with Crippen molar-refractivity contribution in [3.63, 3.8) is 0 Å². The van der Waals surface area contributed by atoms with Gasteiger partial charge in [0, 0.05) is 36.9 Å². The number of carbonyl (C=O) groups excluding carboxylic acids is 1. The number of esters is 1. The molecule has 5 N–H and O–H groups in total. The van der Waals surface area contributed by atoms with Crippen molar-refractivity contribution in [1.82, 2.24) is 25.2 Å². The molecule has 0 radical (unpaired) electrons. The van der Waals surface area contributed by atoms with Crippen molar-refractivity contribution >= 4 is 17.8 Å². The van der Waals surface area contributed by atoms with E-state index in [1.54, 1.807) is 33.2 Å². The number of carbonyl (C=O) groups is 1. The molecule has 3 aromatic rings. The number of hydrogen-bond donors (Lipinski definition) is 3. The number of aromatic nitrogens is 4. The van der Waals surface area contributed by atoms with Gasteiger partial charge in [0.2, 0.25) is 0 Å². The van der Waals surface area contributed by atoms with Crippen molar-refractivity contribution < 1.29 is 22.7 Å². The summed E-state index contributed by atoms with van der Waals surface area (Å²) in [6, 6.07) is 2.80. The van der Waals surface area contributed by atoms with E-state index < -0.39 is 17.0 Å². The predicted molar refractivity (Wildman–Crippen MR) is 146 cm³/mol. The van der Waals surface area contributed by atoms with Crippen LogP contribution >= 0.6 is 0 Å². The highest BCUT2D eigenvalue weighted by atomic mass is 19.2. The van der Waals surface area contributed by atoms with Crippen LogP contribution in [0.4, 0.5) is 20.6 Å². The second kappa shape index (κ2) is 11.3. The highest BCUT2D eigenvalue weighted by molar-refractivity contribution is 5.75. The third-order valence-corrected chi connectivity index (χ3v) is 7.01. The number of nitrogens with one attached hydrogen (secondary N) is 1. The Hall–Kier alpha value is -4.33. The summed E-state index contributed by atoms with van der Waals surface area (Å²) < 4.78 is 38.1. The van der Waals surface area contributed by atoms with Crippen LogP contribution in [0.15, 0.2) is 40.8 Å². The molecule has 0 amide bonds. The molecule has 1 unspecified atom stereocenters. The normalized spacial score (nSPS) is 17.6. The second-order valence-electron chi connectivity index (χ2n) is 11.3. The first-order valence-electron chi connectivity index (χ1n) is 13.3. The molecule has 5 rings (SSSR count). The molecule has 1 aliphatic carbocycles. The van der Waals surface area contributed by atoms with Gasteiger partial charge >= 0.3 is 12.0 Å². The fraction of sp³-hybridized carbons (Fsp3) is 0.444. The molecule has 12 nitrogen and oxygen atoms in total. The SMILES string of the molecule is CC(C)(C)C(=O)OCN(N)/C=C(\N)C1CCN(c2nnc(-c3cnc(NC4Cc5cc(F)c(F)cc5C4)cn3)o2)C1. The van der Waals surface area contributed by atoms with Gasteiger partial charge in [-0.05, 0) is 63.3 Å².